The van der Waals surface area contributed by atoms with Crippen LogP contribution in [-0.2, 0) is 0 Å². The normalized spacial score (nSPS) is 12.0. The van der Waals surface area contributed by atoms with Crippen LogP contribution < -0.4 is 0 Å². The molecule has 9 aromatic rings. The summed E-state index contributed by atoms with van der Waals surface area (Å²) in [5.74, 6) is 0. The SMILES string of the molecule is C=C/C=C\C=C(/C)c1cc(-c2cccc(-c3cccc(-c4cc(-c5ccccc5)c5ccc6cccnc6c5n4)c3)c2)nc2c1ccc1cccnc12. The third-order valence-corrected chi connectivity index (χ3v) is 9.86. The van der Waals surface area contributed by atoms with E-state index in [2.05, 4.69) is 147 Å². The zero-order chi connectivity index (χ0) is 35.7. The van der Waals surface area contributed by atoms with E-state index in [4.69, 9.17) is 19.9 Å². The van der Waals surface area contributed by atoms with Crippen molar-refractivity contribution in [1.29, 1.82) is 0 Å². The van der Waals surface area contributed by atoms with Crippen molar-refractivity contribution in [2.45, 2.75) is 6.92 Å². The van der Waals surface area contributed by atoms with Crippen LogP contribution in [0.4, 0.5) is 0 Å². The third-order valence-electron chi connectivity index (χ3n) is 9.86. The van der Waals surface area contributed by atoms with Gasteiger partial charge in [0, 0.05) is 45.1 Å². The van der Waals surface area contributed by atoms with Gasteiger partial charge in [-0.05, 0) is 76.7 Å². The van der Waals surface area contributed by atoms with Gasteiger partial charge in [0.2, 0.25) is 0 Å². The molecule has 0 amide bonds. The Morgan fingerprint density at radius 1 is 0.491 bits per heavy atom. The van der Waals surface area contributed by atoms with Crippen molar-refractivity contribution < 1.29 is 0 Å². The van der Waals surface area contributed by atoms with Crippen LogP contribution in [0.25, 0.3) is 94.0 Å². The van der Waals surface area contributed by atoms with Crippen molar-refractivity contribution in [3.8, 4) is 44.8 Å². The maximum atomic E-state index is 5.27. The zero-order valence-electron chi connectivity index (χ0n) is 29.2. The van der Waals surface area contributed by atoms with E-state index in [0.717, 1.165) is 99.5 Å². The van der Waals surface area contributed by atoms with E-state index in [-0.39, 0.29) is 0 Å². The summed E-state index contributed by atoms with van der Waals surface area (Å²) < 4.78 is 0. The van der Waals surface area contributed by atoms with E-state index in [1.54, 1.807) is 6.08 Å². The summed E-state index contributed by atoms with van der Waals surface area (Å²) >= 11 is 0. The molecule has 5 aromatic carbocycles. The Morgan fingerprint density at radius 2 is 1.06 bits per heavy atom. The van der Waals surface area contributed by atoms with Crippen LogP contribution >= 0.6 is 0 Å². The first kappa shape index (κ1) is 31.9. The number of benzene rings is 5. The highest BCUT2D eigenvalue weighted by Gasteiger charge is 2.15. The molecular formula is C49H34N4. The molecule has 0 N–H and O–H groups in total. The van der Waals surface area contributed by atoms with Gasteiger partial charge < -0.3 is 0 Å². The molecule has 4 nitrogen and oxygen atoms in total. The minimum Gasteiger partial charge on any atom is -0.254 e. The first-order valence-corrected chi connectivity index (χ1v) is 17.7. The molecule has 0 radical (unpaired) electrons. The van der Waals surface area contributed by atoms with Gasteiger partial charge in [-0.1, -0.05) is 134 Å². The minimum atomic E-state index is 0.891. The standard InChI is InChI=1S/C49H34N4/c1-3-4-6-13-32(2)42-30-44(52-48-40(42)24-22-34-20-11-26-50-46(34)48)38-18-9-16-36(28-38)37-17-10-19-39(29-37)45-31-43(33-14-7-5-8-15-33)41-25-23-35-21-12-27-51-47(35)49(41)53-45/h3-31H,1H2,2H3/b6-4-,32-13+. The van der Waals surface area contributed by atoms with Gasteiger partial charge in [-0.3, -0.25) is 9.97 Å². The molecule has 0 fully saturated rings. The maximum Gasteiger partial charge on any atom is 0.0978 e. The molecule has 250 valence electrons. The smallest absolute Gasteiger partial charge is 0.0978 e. The van der Waals surface area contributed by atoms with Crippen LogP contribution in [0.1, 0.15) is 12.5 Å². The lowest BCUT2D eigenvalue weighted by molar-refractivity contribution is 1.36. The van der Waals surface area contributed by atoms with Crippen molar-refractivity contribution in [2.24, 2.45) is 0 Å². The Balaban J connectivity index is 1.18. The number of allylic oxidation sites excluding steroid dienone is 5. The fourth-order valence-electron chi connectivity index (χ4n) is 7.22. The average Bonchev–Trinajstić information content (AvgIpc) is 3.23. The van der Waals surface area contributed by atoms with E-state index in [1.165, 1.54) is 0 Å². The summed E-state index contributed by atoms with van der Waals surface area (Å²) in [5.41, 5.74) is 14.2. The first-order chi connectivity index (χ1) is 26.1. The van der Waals surface area contributed by atoms with Gasteiger partial charge in [0.25, 0.3) is 0 Å². The lowest BCUT2D eigenvalue weighted by atomic mass is 9.94. The van der Waals surface area contributed by atoms with Gasteiger partial charge in [0.15, 0.2) is 0 Å². The first-order valence-electron chi connectivity index (χ1n) is 17.7. The van der Waals surface area contributed by atoms with Crippen LogP contribution in [0.3, 0.4) is 0 Å². The predicted molar refractivity (Wildman–Crippen MR) is 222 cm³/mol. The fourth-order valence-corrected chi connectivity index (χ4v) is 7.22. The molecule has 0 atom stereocenters. The van der Waals surface area contributed by atoms with Crippen LogP contribution in [-0.4, -0.2) is 19.9 Å². The highest BCUT2D eigenvalue weighted by Crippen LogP contribution is 2.37. The Hall–Kier alpha value is -7.04. The van der Waals surface area contributed by atoms with E-state index in [0.29, 0.717) is 0 Å². The second-order valence-corrected chi connectivity index (χ2v) is 13.2. The molecule has 9 rings (SSSR count). The monoisotopic (exact) mass is 678 g/mol. The molecule has 0 unspecified atom stereocenters. The summed E-state index contributed by atoms with van der Waals surface area (Å²) in [5, 5.41) is 4.30. The quantitative estimate of drug-likeness (QED) is 0.124. The van der Waals surface area contributed by atoms with Crippen molar-refractivity contribution >= 4 is 49.2 Å². The average molecular weight is 679 g/mol. The van der Waals surface area contributed by atoms with Crippen LogP contribution in [0, 0.1) is 0 Å². The molecule has 0 saturated carbocycles. The molecule has 0 bridgehead atoms. The van der Waals surface area contributed by atoms with Gasteiger partial charge in [-0.2, -0.15) is 0 Å². The Morgan fingerprint density at radius 3 is 1.70 bits per heavy atom. The molecule has 0 aliphatic carbocycles. The largest absolute Gasteiger partial charge is 0.254 e. The second kappa shape index (κ2) is 13.6. The van der Waals surface area contributed by atoms with Gasteiger partial charge in [-0.25, -0.2) is 9.97 Å². The molecule has 53 heavy (non-hydrogen) atoms. The number of fused-ring (bicyclic) bond motifs is 6. The zero-order valence-corrected chi connectivity index (χ0v) is 29.2. The molecular weight excluding hydrogens is 645 g/mol. The summed E-state index contributed by atoms with van der Waals surface area (Å²) in [4.78, 5) is 20.1. The number of hydrogen-bond donors (Lipinski definition) is 0. The number of aromatic nitrogens is 4. The summed E-state index contributed by atoms with van der Waals surface area (Å²) in [6.07, 6.45) is 11.6. The van der Waals surface area contributed by atoms with Crippen LogP contribution in [0.5, 0.6) is 0 Å². The summed E-state index contributed by atoms with van der Waals surface area (Å²) in [7, 11) is 0. The molecule has 4 heteroatoms. The van der Waals surface area contributed by atoms with E-state index < -0.39 is 0 Å². The Bertz CT molecular complexity index is 2920. The van der Waals surface area contributed by atoms with E-state index >= 15 is 0 Å². The van der Waals surface area contributed by atoms with Crippen molar-refractivity contribution in [3.63, 3.8) is 0 Å². The molecule has 0 aliphatic rings. The highest BCUT2D eigenvalue weighted by atomic mass is 14.8. The number of nitrogens with zero attached hydrogens (tertiary/aromatic N) is 4. The number of rotatable bonds is 7. The molecule has 0 saturated heterocycles. The lowest BCUT2D eigenvalue weighted by Crippen LogP contribution is -1.94. The van der Waals surface area contributed by atoms with Crippen molar-refractivity contribution in [1.82, 2.24) is 19.9 Å². The van der Waals surface area contributed by atoms with Crippen LogP contribution in [0.15, 0.2) is 183 Å². The summed E-state index contributed by atoms with van der Waals surface area (Å²) in [6.45, 7) is 5.96. The van der Waals surface area contributed by atoms with Gasteiger partial charge in [0.05, 0.1) is 33.5 Å². The van der Waals surface area contributed by atoms with E-state index in [1.807, 2.05) is 36.7 Å². The molecule has 4 aromatic heterocycles. The van der Waals surface area contributed by atoms with E-state index in [9.17, 15) is 0 Å². The van der Waals surface area contributed by atoms with Gasteiger partial charge >= 0.3 is 0 Å². The molecule has 0 aliphatic heterocycles. The topological polar surface area (TPSA) is 51.6 Å². The third kappa shape index (κ3) is 5.96. The second-order valence-electron chi connectivity index (χ2n) is 13.2. The van der Waals surface area contributed by atoms with Gasteiger partial charge in [0.1, 0.15) is 0 Å². The number of hydrogen-bond acceptors (Lipinski definition) is 4. The van der Waals surface area contributed by atoms with Crippen molar-refractivity contribution in [3.05, 3.63) is 188 Å². The predicted octanol–water partition coefficient (Wildman–Crippen LogP) is 12.7. The number of pyridine rings is 4. The highest BCUT2D eigenvalue weighted by molar-refractivity contribution is 6.10. The Labute approximate surface area is 308 Å². The molecule has 0 spiro atoms. The van der Waals surface area contributed by atoms with Crippen LogP contribution in [0.2, 0.25) is 0 Å². The fraction of sp³-hybridized carbons (Fsp3) is 0.0204. The summed E-state index contributed by atoms with van der Waals surface area (Å²) in [6, 6.07) is 48.9. The van der Waals surface area contributed by atoms with Crippen molar-refractivity contribution in [2.75, 3.05) is 0 Å². The minimum absolute atomic E-state index is 0.891. The Kier molecular flexibility index (Phi) is 8.18. The molecule has 4 heterocycles. The van der Waals surface area contributed by atoms with Gasteiger partial charge in [-0.15, -0.1) is 0 Å². The maximum absolute atomic E-state index is 5.27. The lowest BCUT2D eigenvalue weighted by Gasteiger charge is -2.14.